The van der Waals surface area contributed by atoms with E-state index in [1.807, 2.05) is 17.0 Å². The molecule has 1 fully saturated rings. The topological polar surface area (TPSA) is 73.2 Å². The first kappa shape index (κ1) is 25.4. The molecular weight excluding hydrogens is 494 g/mol. The summed E-state index contributed by atoms with van der Waals surface area (Å²) in [5.41, 5.74) is 1.97. The van der Waals surface area contributed by atoms with E-state index in [2.05, 4.69) is 0 Å². The predicted octanol–water partition coefficient (Wildman–Crippen LogP) is 4.63. The minimum absolute atomic E-state index is 0.0709. The number of β-amino-alcohol motifs (C(OH)–C–C–N with tert-alkyl or cyclic N) is 1. The molecule has 35 heavy (non-hydrogen) atoms. The summed E-state index contributed by atoms with van der Waals surface area (Å²) in [7, 11) is 0. The molecule has 1 aliphatic heterocycles. The predicted molar refractivity (Wildman–Crippen MR) is 134 cm³/mol. The Hall–Kier alpha value is -2.68. The molecule has 0 spiro atoms. The number of carbonyl (C=O) groups excluding carboxylic acids is 1. The lowest BCUT2D eigenvalue weighted by molar-refractivity contribution is -0.122. The third-order valence-electron chi connectivity index (χ3n) is 5.85. The van der Waals surface area contributed by atoms with Gasteiger partial charge in [0.2, 0.25) is 5.91 Å². The van der Waals surface area contributed by atoms with Crippen LogP contribution in [0.3, 0.4) is 0 Å². The van der Waals surface area contributed by atoms with E-state index in [4.69, 9.17) is 33.0 Å². The van der Waals surface area contributed by atoms with E-state index in [0.29, 0.717) is 33.6 Å². The molecule has 3 aromatic carbocycles. The summed E-state index contributed by atoms with van der Waals surface area (Å²) in [5, 5.41) is 20.6. The number of aliphatic hydroxyl groups is 2. The van der Waals surface area contributed by atoms with Crippen LogP contribution >= 0.6 is 23.2 Å². The fraction of sp³-hybridized carbons (Fsp3) is 0.269. The summed E-state index contributed by atoms with van der Waals surface area (Å²) >= 11 is 12.6. The Bertz CT molecular complexity index is 1160. The van der Waals surface area contributed by atoms with Gasteiger partial charge in [-0.1, -0.05) is 47.5 Å². The number of amides is 1. The van der Waals surface area contributed by atoms with E-state index in [-0.39, 0.29) is 38.0 Å². The summed E-state index contributed by atoms with van der Waals surface area (Å²) in [6.07, 6.45) is -0.882. The number of halogens is 3. The summed E-state index contributed by atoms with van der Waals surface area (Å²) in [6.45, 7) is 0.725. The second-order valence-electron chi connectivity index (χ2n) is 8.28. The van der Waals surface area contributed by atoms with Crippen LogP contribution in [0.1, 0.15) is 23.3 Å². The van der Waals surface area contributed by atoms with Gasteiger partial charge in [-0.3, -0.25) is 9.69 Å². The largest absolute Gasteiger partial charge is 0.491 e. The molecule has 0 radical (unpaired) electrons. The highest BCUT2D eigenvalue weighted by Crippen LogP contribution is 2.38. The van der Waals surface area contributed by atoms with Gasteiger partial charge in [-0.25, -0.2) is 4.39 Å². The number of benzene rings is 3. The first-order valence-electron chi connectivity index (χ1n) is 11.1. The third kappa shape index (κ3) is 6.12. The highest BCUT2D eigenvalue weighted by atomic mass is 35.5. The minimum Gasteiger partial charge on any atom is -0.491 e. The summed E-state index contributed by atoms with van der Waals surface area (Å²) in [4.78, 5) is 17.0. The number of anilines is 1. The molecule has 9 heteroatoms. The van der Waals surface area contributed by atoms with Gasteiger partial charge in [-0.05, 0) is 47.5 Å². The number of piperazine rings is 1. The average Bonchev–Trinajstić information content (AvgIpc) is 2.84. The van der Waals surface area contributed by atoms with Crippen molar-refractivity contribution in [3.8, 4) is 5.75 Å². The van der Waals surface area contributed by atoms with Crippen LogP contribution in [0.2, 0.25) is 10.0 Å². The molecule has 0 unspecified atom stereocenters. The van der Waals surface area contributed by atoms with Gasteiger partial charge in [0.05, 0.1) is 36.0 Å². The molecule has 1 heterocycles. The number of rotatable bonds is 8. The van der Waals surface area contributed by atoms with Crippen LogP contribution in [0.5, 0.6) is 5.75 Å². The van der Waals surface area contributed by atoms with Crippen LogP contribution < -0.4 is 9.64 Å². The Morgan fingerprint density at radius 1 is 1.06 bits per heavy atom. The Labute approximate surface area is 213 Å². The molecule has 1 amide bonds. The molecule has 3 aromatic rings. The van der Waals surface area contributed by atoms with E-state index in [9.17, 15) is 14.3 Å². The van der Waals surface area contributed by atoms with Crippen molar-refractivity contribution in [3.63, 3.8) is 0 Å². The maximum Gasteiger partial charge on any atom is 0.241 e. The van der Waals surface area contributed by atoms with Gasteiger partial charge >= 0.3 is 0 Å². The number of aliphatic hydroxyl groups excluding tert-OH is 2. The van der Waals surface area contributed by atoms with Crippen LogP contribution in [0, 0.1) is 5.82 Å². The monoisotopic (exact) mass is 518 g/mol. The second kappa shape index (κ2) is 11.4. The maximum atomic E-state index is 13.4. The second-order valence-corrected chi connectivity index (χ2v) is 9.12. The SMILES string of the molecule is O=C1CN(C[C@@H](O)c2ccc(F)cc2)C[C@@H](c2ccc(Cl)cc2)N1c1ccc(OCCO)cc1Cl. The van der Waals surface area contributed by atoms with Crippen molar-refractivity contribution < 1.29 is 24.1 Å². The number of hydrogen-bond acceptors (Lipinski definition) is 5. The molecule has 2 N–H and O–H groups in total. The lowest BCUT2D eigenvalue weighted by Crippen LogP contribution is -2.53. The van der Waals surface area contributed by atoms with Gasteiger partial charge in [0.1, 0.15) is 18.2 Å². The molecule has 6 nitrogen and oxygen atoms in total. The lowest BCUT2D eigenvalue weighted by atomic mass is 10.00. The highest BCUT2D eigenvalue weighted by Gasteiger charge is 2.36. The van der Waals surface area contributed by atoms with Crippen molar-refractivity contribution in [2.45, 2.75) is 12.1 Å². The molecule has 1 aliphatic rings. The van der Waals surface area contributed by atoms with Gasteiger partial charge in [-0.2, -0.15) is 0 Å². The van der Waals surface area contributed by atoms with E-state index in [0.717, 1.165) is 5.56 Å². The zero-order chi connectivity index (χ0) is 24.9. The molecule has 0 aromatic heterocycles. The number of carbonyl (C=O) groups is 1. The van der Waals surface area contributed by atoms with E-state index < -0.39 is 12.1 Å². The molecule has 1 saturated heterocycles. The third-order valence-corrected chi connectivity index (χ3v) is 6.40. The van der Waals surface area contributed by atoms with Crippen molar-refractivity contribution in [2.24, 2.45) is 0 Å². The fourth-order valence-corrected chi connectivity index (χ4v) is 4.57. The Morgan fingerprint density at radius 3 is 2.43 bits per heavy atom. The molecule has 0 bridgehead atoms. The summed E-state index contributed by atoms with van der Waals surface area (Å²) in [5.74, 6) is -0.0741. The zero-order valence-electron chi connectivity index (χ0n) is 18.8. The first-order chi connectivity index (χ1) is 16.9. The van der Waals surface area contributed by atoms with E-state index >= 15 is 0 Å². The van der Waals surface area contributed by atoms with Crippen LogP contribution in [0.25, 0.3) is 0 Å². The van der Waals surface area contributed by atoms with E-state index in [1.165, 1.54) is 24.3 Å². The number of ether oxygens (including phenoxy) is 1. The molecular formula is C26H25Cl2FN2O4. The van der Waals surface area contributed by atoms with Gasteiger partial charge in [0.15, 0.2) is 0 Å². The maximum absolute atomic E-state index is 13.4. The zero-order valence-corrected chi connectivity index (χ0v) is 20.3. The van der Waals surface area contributed by atoms with Gasteiger partial charge in [0, 0.05) is 24.2 Å². The Morgan fingerprint density at radius 2 is 1.77 bits per heavy atom. The van der Waals surface area contributed by atoms with Gasteiger partial charge in [-0.15, -0.1) is 0 Å². The first-order valence-corrected chi connectivity index (χ1v) is 11.9. The van der Waals surface area contributed by atoms with Crippen molar-refractivity contribution in [1.82, 2.24) is 4.90 Å². The molecule has 4 rings (SSSR count). The highest BCUT2D eigenvalue weighted by molar-refractivity contribution is 6.34. The summed E-state index contributed by atoms with van der Waals surface area (Å²) < 4.78 is 18.7. The van der Waals surface area contributed by atoms with Crippen LogP contribution in [-0.4, -0.2) is 53.9 Å². The minimum atomic E-state index is -0.882. The molecule has 2 atom stereocenters. The van der Waals surface area contributed by atoms with Crippen molar-refractivity contribution >= 4 is 34.8 Å². The average molecular weight is 519 g/mol. The van der Waals surface area contributed by atoms with Crippen LogP contribution in [0.4, 0.5) is 10.1 Å². The standard InChI is InChI=1S/C26H25Cl2FN2O4/c27-19-5-1-17(2-6-19)24-14-30(15-25(33)18-3-7-20(29)8-4-18)16-26(34)31(24)23-10-9-21(13-22(23)28)35-12-11-32/h1-10,13,24-25,32-33H,11-12,14-16H2/t24-,25+/m0/s1. The lowest BCUT2D eigenvalue weighted by Gasteiger charge is -2.42. The van der Waals surface area contributed by atoms with Gasteiger partial charge in [0.25, 0.3) is 0 Å². The summed E-state index contributed by atoms with van der Waals surface area (Å²) in [6, 6.07) is 17.6. The van der Waals surface area contributed by atoms with E-state index in [1.54, 1.807) is 35.2 Å². The molecule has 184 valence electrons. The van der Waals surface area contributed by atoms with Crippen LogP contribution in [0.15, 0.2) is 66.7 Å². The Kier molecular flexibility index (Phi) is 8.26. The molecule has 0 saturated carbocycles. The fourth-order valence-electron chi connectivity index (χ4n) is 4.18. The van der Waals surface area contributed by atoms with Crippen molar-refractivity contribution in [3.05, 3.63) is 93.7 Å². The smallest absolute Gasteiger partial charge is 0.241 e. The number of nitrogens with zero attached hydrogens (tertiary/aromatic N) is 2. The van der Waals surface area contributed by atoms with Crippen molar-refractivity contribution in [1.29, 1.82) is 0 Å². The number of hydrogen-bond donors (Lipinski definition) is 2. The quantitative estimate of drug-likeness (QED) is 0.454. The molecule has 0 aliphatic carbocycles. The van der Waals surface area contributed by atoms with Crippen LogP contribution in [-0.2, 0) is 4.79 Å². The van der Waals surface area contributed by atoms with Gasteiger partial charge < -0.3 is 19.8 Å². The Balaban J connectivity index is 1.61. The normalized spacial score (nSPS) is 17.5. The van der Waals surface area contributed by atoms with Crippen molar-refractivity contribution in [2.75, 3.05) is 37.7 Å².